The summed E-state index contributed by atoms with van der Waals surface area (Å²) in [5.41, 5.74) is 0.0256. The summed E-state index contributed by atoms with van der Waals surface area (Å²) in [5, 5.41) is 0. The molecule has 0 saturated carbocycles. The van der Waals surface area contributed by atoms with E-state index in [2.05, 4.69) is 20.8 Å². The monoisotopic (exact) mass is 214 g/mol. The van der Waals surface area contributed by atoms with Crippen molar-refractivity contribution in [2.24, 2.45) is 0 Å². The van der Waals surface area contributed by atoms with Crippen LogP contribution in [0.1, 0.15) is 59.3 Å². The third kappa shape index (κ3) is 3.18. The maximum atomic E-state index is 6.09. The van der Waals surface area contributed by atoms with Gasteiger partial charge in [0.15, 0.2) is 0 Å². The molecule has 1 aliphatic rings. The normalized spacial score (nSPS) is 25.4. The van der Waals surface area contributed by atoms with Gasteiger partial charge < -0.3 is 9.47 Å². The molecule has 2 heteroatoms. The minimum atomic E-state index is 0.0256. The van der Waals surface area contributed by atoms with Crippen LogP contribution in [-0.2, 0) is 9.47 Å². The molecule has 1 saturated heterocycles. The van der Waals surface area contributed by atoms with Gasteiger partial charge in [-0.1, -0.05) is 40.0 Å². The van der Waals surface area contributed by atoms with Gasteiger partial charge in [0, 0.05) is 0 Å². The third-order valence-corrected chi connectivity index (χ3v) is 3.28. The van der Waals surface area contributed by atoms with Gasteiger partial charge in [-0.15, -0.1) is 0 Å². The fourth-order valence-electron chi connectivity index (χ4n) is 2.73. The van der Waals surface area contributed by atoms with Crippen LogP contribution in [0.5, 0.6) is 0 Å². The van der Waals surface area contributed by atoms with Crippen LogP contribution in [0, 0.1) is 0 Å². The molecule has 1 atom stereocenters. The van der Waals surface area contributed by atoms with Crippen molar-refractivity contribution >= 4 is 0 Å². The molecular formula is C13H26O2. The average Bonchev–Trinajstić information content (AvgIpc) is 2.23. The Hall–Kier alpha value is -0.0800. The minimum absolute atomic E-state index is 0.0256. The first-order valence-corrected chi connectivity index (χ1v) is 6.54. The highest BCUT2D eigenvalue weighted by Gasteiger charge is 2.40. The summed E-state index contributed by atoms with van der Waals surface area (Å²) >= 11 is 0. The summed E-state index contributed by atoms with van der Waals surface area (Å²) < 4.78 is 12.0. The fourth-order valence-corrected chi connectivity index (χ4v) is 2.73. The maximum absolute atomic E-state index is 6.09. The van der Waals surface area contributed by atoms with Gasteiger partial charge in [-0.3, -0.25) is 0 Å². The van der Waals surface area contributed by atoms with Crippen LogP contribution in [0.15, 0.2) is 0 Å². The molecule has 0 N–H and O–H groups in total. The van der Waals surface area contributed by atoms with Crippen molar-refractivity contribution in [3.05, 3.63) is 0 Å². The summed E-state index contributed by atoms with van der Waals surface area (Å²) in [6.07, 6.45) is 7.31. The number of ether oxygens (including phenoxy) is 2. The molecule has 15 heavy (non-hydrogen) atoms. The molecule has 1 rings (SSSR count). The Morgan fingerprint density at radius 2 is 1.67 bits per heavy atom. The summed E-state index contributed by atoms with van der Waals surface area (Å²) in [4.78, 5) is 0. The molecule has 1 unspecified atom stereocenters. The second-order valence-corrected chi connectivity index (χ2v) is 4.56. The lowest BCUT2D eigenvalue weighted by molar-refractivity contribution is -0.211. The highest BCUT2D eigenvalue weighted by molar-refractivity contribution is 4.91. The highest BCUT2D eigenvalue weighted by Crippen LogP contribution is 2.35. The zero-order chi connectivity index (χ0) is 11.1. The standard InChI is InChI=1S/C13H26O2/c1-4-7-12-13(8-5-2,9-6-3)15-11-10-14-12/h12H,4-11H2,1-3H3. The van der Waals surface area contributed by atoms with Crippen LogP contribution >= 0.6 is 0 Å². The highest BCUT2D eigenvalue weighted by atomic mass is 16.6. The van der Waals surface area contributed by atoms with Gasteiger partial charge in [-0.25, -0.2) is 0 Å². The molecule has 0 amide bonds. The van der Waals surface area contributed by atoms with Gasteiger partial charge in [-0.2, -0.15) is 0 Å². The molecule has 0 bridgehead atoms. The van der Waals surface area contributed by atoms with Crippen LogP contribution < -0.4 is 0 Å². The Balaban J connectivity index is 2.68. The van der Waals surface area contributed by atoms with E-state index in [1.54, 1.807) is 0 Å². The fraction of sp³-hybridized carbons (Fsp3) is 1.00. The Bertz CT molecular complexity index is 154. The predicted molar refractivity (Wildman–Crippen MR) is 63.1 cm³/mol. The van der Waals surface area contributed by atoms with E-state index < -0.39 is 0 Å². The van der Waals surface area contributed by atoms with Gasteiger partial charge >= 0.3 is 0 Å². The van der Waals surface area contributed by atoms with Crippen LogP contribution in [0.3, 0.4) is 0 Å². The Kier molecular flexibility index (Phi) is 5.62. The number of hydrogen-bond donors (Lipinski definition) is 0. The summed E-state index contributed by atoms with van der Waals surface area (Å²) in [6, 6.07) is 0. The van der Waals surface area contributed by atoms with Crippen molar-refractivity contribution in [1.29, 1.82) is 0 Å². The van der Waals surface area contributed by atoms with Gasteiger partial charge in [0.05, 0.1) is 24.9 Å². The van der Waals surface area contributed by atoms with Crippen molar-refractivity contribution < 1.29 is 9.47 Å². The quantitative estimate of drug-likeness (QED) is 0.673. The van der Waals surface area contributed by atoms with E-state index >= 15 is 0 Å². The zero-order valence-electron chi connectivity index (χ0n) is 10.6. The molecule has 0 aromatic carbocycles. The van der Waals surface area contributed by atoms with Crippen LogP contribution in [-0.4, -0.2) is 24.9 Å². The van der Waals surface area contributed by atoms with E-state index in [0.717, 1.165) is 32.5 Å². The van der Waals surface area contributed by atoms with E-state index in [9.17, 15) is 0 Å². The number of hydrogen-bond acceptors (Lipinski definition) is 2. The van der Waals surface area contributed by atoms with Gasteiger partial charge in [0.2, 0.25) is 0 Å². The lowest BCUT2D eigenvalue weighted by atomic mass is 9.84. The molecular weight excluding hydrogens is 188 g/mol. The molecule has 90 valence electrons. The van der Waals surface area contributed by atoms with Crippen LogP contribution in [0.4, 0.5) is 0 Å². The van der Waals surface area contributed by atoms with Crippen molar-refractivity contribution in [1.82, 2.24) is 0 Å². The lowest BCUT2D eigenvalue weighted by Gasteiger charge is -2.44. The van der Waals surface area contributed by atoms with E-state index in [0.29, 0.717) is 6.10 Å². The third-order valence-electron chi connectivity index (χ3n) is 3.28. The SMILES string of the molecule is CCCC1OCCOC1(CCC)CCC. The Labute approximate surface area is 94.3 Å². The van der Waals surface area contributed by atoms with E-state index in [4.69, 9.17) is 9.47 Å². The number of rotatable bonds is 6. The molecule has 1 heterocycles. The topological polar surface area (TPSA) is 18.5 Å². The minimum Gasteiger partial charge on any atom is -0.373 e. The van der Waals surface area contributed by atoms with E-state index in [-0.39, 0.29) is 5.60 Å². The first kappa shape index (κ1) is 13.0. The van der Waals surface area contributed by atoms with Crippen LogP contribution in [0.25, 0.3) is 0 Å². The smallest absolute Gasteiger partial charge is 0.0943 e. The summed E-state index contributed by atoms with van der Waals surface area (Å²) in [6.45, 7) is 8.25. The Morgan fingerprint density at radius 1 is 1.00 bits per heavy atom. The molecule has 0 aliphatic carbocycles. The molecule has 0 radical (unpaired) electrons. The van der Waals surface area contributed by atoms with Gasteiger partial charge in [0.25, 0.3) is 0 Å². The molecule has 2 nitrogen and oxygen atoms in total. The second-order valence-electron chi connectivity index (χ2n) is 4.56. The molecule has 0 aromatic heterocycles. The first-order chi connectivity index (χ1) is 7.29. The largest absolute Gasteiger partial charge is 0.373 e. The average molecular weight is 214 g/mol. The Morgan fingerprint density at radius 3 is 2.20 bits per heavy atom. The van der Waals surface area contributed by atoms with E-state index in [1.807, 2.05) is 0 Å². The van der Waals surface area contributed by atoms with Crippen molar-refractivity contribution in [2.45, 2.75) is 71.0 Å². The molecule has 1 fully saturated rings. The maximum Gasteiger partial charge on any atom is 0.0943 e. The predicted octanol–water partition coefficient (Wildman–Crippen LogP) is 3.54. The lowest BCUT2D eigenvalue weighted by Crippen LogP contribution is -2.50. The molecule has 1 aliphatic heterocycles. The van der Waals surface area contributed by atoms with Crippen molar-refractivity contribution in [3.8, 4) is 0 Å². The first-order valence-electron chi connectivity index (χ1n) is 6.54. The summed E-state index contributed by atoms with van der Waals surface area (Å²) in [5.74, 6) is 0. The van der Waals surface area contributed by atoms with E-state index in [1.165, 1.54) is 19.3 Å². The zero-order valence-corrected chi connectivity index (χ0v) is 10.6. The van der Waals surface area contributed by atoms with Crippen LogP contribution in [0.2, 0.25) is 0 Å². The van der Waals surface area contributed by atoms with Crippen molar-refractivity contribution in [3.63, 3.8) is 0 Å². The van der Waals surface area contributed by atoms with Gasteiger partial charge in [0.1, 0.15) is 0 Å². The molecule has 0 spiro atoms. The second kappa shape index (κ2) is 6.49. The summed E-state index contributed by atoms with van der Waals surface area (Å²) in [7, 11) is 0. The molecule has 0 aromatic rings. The van der Waals surface area contributed by atoms with Crippen molar-refractivity contribution in [2.75, 3.05) is 13.2 Å². The van der Waals surface area contributed by atoms with Gasteiger partial charge in [-0.05, 0) is 19.3 Å².